The van der Waals surface area contributed by atoms with Crippen molar-refractivity contribution in [2.24, 2.45) is 5.92 Å². The van der Waals surface area contributed by atoms with E-state index >= 15 is 0 Å². The number of carbonyl (C=O) groups is 1. The molecule has 0 spiro atoms. The molecule has 0 heterocycles. The van der Waals surface area contributed by atoms with Crippen molar-refractivity contribution in [2.75, 3.05) is 26.4 Å². The highest BCUT2D eigenvalue weighted by atomic mass is 16.6. The van der Waals surface area contributed by atoms with E-state index in [1.165, 1.54) is 0 Å². The molecular formula is C14H28O4. The number of ether oxygens (including phenoxy) is 3. The Labute approximate surface area is 111 Å². The predicted molar refractivity (Wildman–Crippen MR) is 71.6 cm³/mol. The molecule has 0 amide bonds. The minimum absolute atomic E-state index is 0.0237. The second-order valence-electron chi connectivity index (χ2n) is 5.40. The van der Waals surface area contributed by atoms with Gasteiger partial charge in [-0.15, -0.1) is 0 Å². The maximum Gasteiger partial charge on any atom is 0.332 e. The molecule has 0 radical (unpaired) electrons. The summed E-state index contributed by atoms with van der Waals surface area (Å²) in [4.78, 5) is 11.0. The Balaban J connectivity index is 3.60. The molecule has 0 rings (SSSR count). The largest absolute Gasteiger partial charge is 0.464 e. The molecule has 0 unspecified atom stereocenters. The molecule has 0 aliphatic heterocycles. The second kappa shape index (κ2) is 9.34. The Morgan fingerprint density at radius 2 is 1.89 bits per heavy atom. The molecule has 0 saturated carbocycles. The summed E-state index contributed by atoms with van der Waals surface area (Å²) in [5.41, 5.74) is -0.205. The van der Waals surface area contributed by atoms with Crippen LogP contribution in [0, 0.1) is 5.92 Å². The van der Waals surface area contributed by atoms with E-state index < -0.39 is 0 Å². The lowest BCUT2D eigenvalue weighted by molar-refractivity contribution is -0.149. The molecule has 0 aromatic heterocycles. The van der Waals surface area contributed by atoms with Crippen LogP contribution in [0.2, 0.25) is 0 Å². The van der Waals surface area contributed by atoms with Crippen LogP contribution in [0.4, 0.5) is 0 Å². The molecule has 0 saturated heterocycles. The monoisotopic (exact) mass is 260 g/mol. The van der Waals surface area contributed by atoms with Crippen LogP contribution < -0.4 is 0 Å². The zero-order valence-electron chi connectivity index (χ0n) is 12.5. The lowest BCUT2D eigenvalue weighted by Crippen LogP contribution is -2.28. The van der Waals surface area contributed by atoms with Crippen LogP contribution >= 0.6 is 0 Å². The smallest absolute Gasteiger partial charge is 0.332 e. The van der Waals surface area contributed by atoms with Crippen LogP contribution in [-0.4, -0.2) is 38.0 Å². The highest BCUT2D eigenvalue weighted by Gasteiger charge is 2.18. The van der Waals surface area contributed by atoms with E-state index in [4.69, 9.17) is 14.2 Å². The van der Waals surface area contributed by atoms with Crippen molar-refractivity contribution in [3.63, 3.8) is 0 Å². The van der Waals surface area contributed by atoms with Gasteiger partial charge in [0.15, 0.2) is 0 Å². The molecular weight excluding hydrogens is 232 g/mol. The summed E-state index contributed by atoms with van der Waals surface area (Å²) in [5.74, 6) is 0.344. The zero-order valence-corrected chi connectivity index (χ0v) is 12.5. The molecule has 0 N–H and O–H groups in total. The third-order valence-electron chi connectivity index (χ3n) is 2.56. The minimum atomic E-state index is -0.309. The van der Waals surface area contributed by atoms with Crippen LogP contribution in [0.1, 0.15) is 47.5 Å². The molecule has 108 valence electrons. The van der Waals surface area contributed by atoms with E-state index in [1.54, 1.807) is 6.92 Å². The van der Waals surface area contributed by atoms with Gasteiger partial charge in [0.1, 0.15) is 6.61 Å². The van der Waals surface area contributed by atoms with Crippen LogP contribution in [0.15, 0.2) is 0 Å². The summed E-state index contributed by atoms with van der Waals surface area (Å²) in [6.45, 7) is 11.9. The Hall–Kier alpha value is -0.610. The van der Waals surface area contributed by atoms with Gasteiger partial charge in [-0.1, -0.05) is 13.8 Å². The molecule has 18 heavy (non-hydrogen) atoms. The molecule has 0 aromatic rings. The molecule has 4 nitrogen and oxygen atoms in total. The number of hydrogen-bond acceptors (Lipinski definition) is 4. The van der Waals surface area contributed by atoms with Crippen molar-refractivity contribution in [2.45, 2.75) is 53.1 Å². The van der Waals surface area contributed by atoms with E-state index in [9.17, 15) is 4.79 Å². The average Bonchev–Trinajstić information content (AvgIpc) is 2.24. The van der Waals surface area contributed by atoms with Crippen molar-refractivity contribution in [3.05, 3.63) is 0 Å². The first-order valence-electron chi connectivity index (χ1n) is 6.74. The topological polar surface area (TPSA) is 44.8 Å². The molecule has 0 atom stereocenters. The maximum atomic E-state index is 11.0. The summed E-state index contributed by atoms with van der Waals surface area (Å²) < 4.78 is 15.8. The van der Waals surface area contributed by atoms with E-state index in [0.29, 0.717) is 19.1 Å². The quantitative estimate of drug-likeness (QED) is 0.447. The van der Waals surface area contributed by atoms with Gasteiger partial charge in [0.2, 0.25) is 0 Å². The summed E-state index contributed by atoms with van der Waals surface area (Å²) in [7, 11) is 0. The molecule has 0 aromatic carbocycles. The fraction of sp³-hybridized carbons (Fsp3) is 0.929. The number of rotatable bonds is 10. The van der Waals surface area contributed by atoms with Gasteiger partial charge in [0, 0.05) is 6.61 Å². The average molecular weight is 260 g/mol. The van der Waals surface area contributed by atoms with Gasteiger partial charge in [0.05, 0.1) is 18.8 Å². The fourth-order valence-corrected chi connectivity index (χ4v) is 1.32. The van der Waals surface area contributed by atoms with E-state index in [-0.39, 0.29) is 18.2 Å². The van der Waals surface area contributed by atoms with Gasteiger partial charge in [-0.2, -0.15) is 0 Å². The van der Waals surface area contributed by atoms with Crippen molar-refractivity contribution in [3.8, 4) is 0 Å². The van der Waals surface area contributed by atoms with Crippen molar-refractivity contribution < 1.29 is 19.0 Å². The Kier molecular flexibility index (Phi) is 9.02. The Morgan fingerprint density at radius 3 is 2.44 bits per heavy atom. The lowest BCUT2D eigenvalue weighted by atomic mass is 10.1. The highest BCUT2D eigenvalue weighted by molar-refractivity contribution is 5.70. The van der Waals surface area contributed by atoms with E-state index in [0.717, 1.165) is 19.4 Å². The number of esters is 1. The summed E-state index contributed by atoms with van der Waals surface area (Å²) in [5, 5.41) is 0. The van der Waals surface area contributed by atoms with Gasteiger partial charge in [-0.05, 0) is 39.5 Å². The summed E-state index contributed by atoms with van der Waals surface area (Å²) in [6.07, 6.45) is 1.83. The van der Waals surface area contributed by atoms with Crippen molar-refractivity contribution in [1.29, 1.82) is 0 Å². The van der Waals surface area contributed by atoms with Gasteiger partial charge >= 0.3 is 5.97 Å². The van der Waals surface area contributed by atoms with Crippen LogP contribution in [0.5, 0.6) is 0 Å². The number of carbonyl (C=O) groups excluding carboxylic acids is 1. The van der Waals surface area contributed by atoms with Crippen LogP contribution in [0.3, 0.4) is 0 Å². The Morgan fingerprint density at radius 1 is 1.22 bits per heavy atom. The third kappa shape index (κ3) is 10.5. The second-order valence-corrected chi connectivity index (χ2v) is 5.40. The van der Waals surface area contributed by atoms with Crippen molar-refractivity contribution in [1.82, 2.24) is 0 Å². The third-order valence-corrected chi connectivity index (χ3v) is 2.56. The standard InChI is InChI=1S/C14H28O4/c1-6-17-13(15)11-16-10-8-14(4,5)18-9-7-12(2)3/h12H,6-11H2,1-5H3. The molecule has 0 bridgehead atoms. The van der Waals surface area contributed by atoms with Crippen LogP contribution in [0.25, 0.3) is 0 Å². The summed E-state index contributed by atoms with van der Waals surface area (Å²) in [6, 6.07) is 0. The van der Waals surface area contributed by atoms with Crippen molar-refractivity contribution >= 4 is 5.97 Å². The normalized spacial score (nSPS) is 11.9. The minimum Gasteiger partial charge on any atom is -0.464 e. The van der Waals surface area contributed by atoms with E-state index in [2.05, 4.69) is 13.8 Å². The lowest BCUT2D eigenvalue weighted by Gasteiger charge is -2.25. The SMILES string of the molecule is CCOC(=O)COCCC(C)(C)OCCC(C)C. The van der Waals surface area contributed by atoms with Crippen LogP contribution in [-0.2, 0) is 19.0 Å². The number of hydrogen-bond donors (Lipinski definition) is 0. The van der Waals surface area contributed by atoms with Gasteiger partial charge in [0.25, 0.3) is 0 Å². The zero-order chi connectivity index (χ0) is 14.0. The van der Waals surface area contributed by atoms with E-state index in [1.807, 2.05) is 13.8 Å². The Bertz CT molecular complexity index is 224. The van der Waals surface area contributed by atoms with Gasteiger partial charge < -0.3 is 14.2 Å². The first-order valence-corrected chi connectivity index (χ1v) is 6.74. The molecule has 0 aliphatic rings. The fourth-order valence-electron chi connectivity index (χ4n) is 1.32. The van der Waals surface area contributed by atoms with Gasteiger partial charge in [-0.3, -0.25) is 0 Å². The predicted octanol–water partition coefficient (Wildman–Crippen LogP) is 2.80. The maximum absolute atomic E-state index is 11.0. The van der Waals surface area contributed by atoms with Gasteiger partial charge in [-0.25, -0.2) is 4.79 Å². The first kappa shape index (κ1) is 17.4. The first-order chi connectivity index (χ1) is 8.37. The highest BCUT2D eigenvalue weighted by Crippen LogP contribution is 2.15. The molecule has 4 heteroatoms. The summed E-state index contributed by atoms with van der Waals surface area (Å²) >= 11 is 0. The molecule has 0 aliphatic carbocycles. The molecule has 0 fully saturated rings.